The predicted octanol–water partition coefficient (Wildman–Crippen LogP) is 2.75. The third kappa shape index (κ3) is 3.34. The van der Waals surface area contributed by atoms with Gasteiger partial charge in [-0.3, -0.25) is 14.2 Å². The number of rotatable bonds is 4. The fraction of sp³-hybridized carbons (Fsp3) is 0.174. The molecule has 0 aliphatic carbocycles. The van der Waals surface area contributed by atoms with Gasteiger partial charge in [0, 0.05) is 18.4 Å². The minimum absolute atomic E-state index is 0.209. The van der Waals surface area contributed by atoms with Gasteiger partial charge in [0.25, 0.3) is 5.56 Å². The van der Waals surface area contributed by atoms with Gasteiger partial charge in [0.05, 0.1) is 11.2 Å². The van der Waals surface area contributed by atoms with Crippen LogP contribution in [-0.2, 0) is 18.4 Å². The predicted molar refractivity (Wildman–Crippen MR) is 117 cm³/mol. The molecule has 2 aromatic carbocycles. The minimum atomic E-state index is -0.549. The third-order valence-corrected chi connectivity index (χ3v) is 5.19. The maximum Gasteiger partial charge on any atom is 0.336 e. The fourth-order valence-electron chi connectivity index (χ4n) is 3.60. The lowest BCUT2D eigenvalue weighted by atomic mass is 10.2. The smallest absolute Gasteiger partial charge is 0.336 e. The lowest BCUT2D eigenvalue weighted by Crippen LogP contribution is -2.41. The minimum Gasteiger partial charge on any atom is -0.342 e. The number of aromatic nitrogens is 3. The zero-order chi connectivity index (χ0) is 21.4. The van der Waals surface area contributed by atoms with Gasteiger partial charge in [-0.25, -0.2) is 9.36 Å². The zero-order valence-corrected chi connectivity index (χ0v) is 17.0. The molecule has 2 heterocycles. The molecular weight excluding hydrogens is 380 g/mol. The van der Waals surface area contributed by atoms with Crippen LogP contribution in [0.2, 0.25) is 0 Å². The normalized spacial score (nSPS) is 11.0. The number of nitrogens with one attached hydrogen (secondary N) is 1. The Hall–Kier alpha value is -3.87. The SMILES string of the molecule is Cc1cccc(-n2c(=O)c3c(cc(C)n3C)n(CC(=O)Nc3ccccc3)c2=O)c1. The van der Waals surface area contributed by atoms with Gasteiger partial charge in [-0.05, 0) is 49.7 Å². The number of aryl methyl sites for hydroxylation is 3. The van der Waals surface area contributed by atoms with Crippen molar-refractivity contribution in [3.8, 4) is 5.69 Å². The van der Waals surface area contributed by atoms with E-state index in [1.807, 2.05) is 38.1 Å². The molecule has 0 spiro atoms. The standard InChI is InChI=1S/C23H22N4O3/c1-15-8-7-11-18(12-15)27-22(29)21-19(13-16(2)25(21)3)26(23(27)30)14-20(28)24-17-9-5-4-6-10-17/h4-13H,14H2,1-3H3,(H,24,28). The molecule has 0 saturated heterocycles. The van der Waals surface area contributed by atoms with Crippen molar-refractivity contribution in [1.29, 1.82) is 0 Å². The highest BCUT2D eigenvalue weighted by molar-refractivity contribution is 5.91. The lowest BCUT2D eigenvalue weighted by Gasteiger charge is -2.13. The number of anilines is 1. The van der Waals surface area contributed by atoms with Crippen molar-refractivity contribution < 1.29 is 4.79 Å². The van der Waals surface area contributed by atoms with Crippen molar-refractivity contribution in [2.45, 2.75) is 20.4 Å². The van der Waals surface area contributed by atoms with Crippen LogP contribution in [0.15, 0.2) is 70.3 Å². The molecule has 1 amide bonds. The molecule has 0 radical (unpaired) electrons. The first-order chi connectivity index (χ1) is 14.4. The molecule has 0 atom stereocenters. The van der Waals surface area contributed by atoms with Crippen molar-refractivity contribution in [3.63, 3.8) is 0 Å². The maximum absolute atomic E-state index is 13.4. The molecule has 4 aromatic rings. The van der Waals surface area contributed by atoms with Crippen molar-refractivity contribution in [3.05, 3.63) is 92.8 Å². The number of amides is 1. The Labute approximate surface area is 172 Å². The molecule has 0 fully saturated rings. The summed E-state index contributed by atoms with van der Waals surface area (Å²) in [7, 11) is 1.78. The summed E-state index contributed by atoms with van der Waals surface area (Å²) in [6, 6.07) is 18.0. The van der Waals surface area contributed by atoms with Crippen molar-refractivity contribution >= 4 is 22.6 Å². The molecule has 4 rings (SSSR count). The van der Waals surface area contributed by atoms with E-state index in [2.05, 4.69) is 5.32 Å². The molecule has 7 nitrogen and oxygen atoms in total. The largest absolute Gasteiger partial charge is 0.342 e. The Morgan fingerprint density at radius 1 is 0.967 bits per heavy atom. The Kier molecular flexibility index (Phi) is 4.87. The summed E-state index contributed by atoms with van der Waals surface area (Å²) in [6.45, 7) is 3.54. The van der Waals surface area contributed by atoms with E-state index in [-0.39, 0.29) is 12.5 Å². The van der Waals surface area contributed by atoms with E-state index < -0.39 is 11.2 Å². The van der Waals surface area contributed by atoms with Crippen LogP contribution < -0.4 is 16.6 Å². The number of nitrogens with zero attached hydrogens (tertiary/aromatic N) is 3. The second kappa shape index (κ2) is 7.51. The molecule has 0 bridgehead atoms. The van der Waals surface area contributed by atoms with E-state index in [1.165, 1.54) is 4.57 Å². The second-order valence-corrected chi connectivity index (χ2v) is 7.34. The van der Waals surface area contributed by atoms with Crippen LogP contribution in [0.3, 0.4) is 0 Å². The highest BCUT2D eigenvalue weighted by Gasteiger charge is 2.20. The molecule has 30 heavy (non-hydrogen) atoms. The van der Waals surface area contributed by atoms with E-state index in [4.69, 9.17) is 0 Å². The van der Waals surface area contributed by atoms with Crippen LogP contribution in [0.25, 0.3) is 16.7 Å². The molecule has 152 valence electrons. The van der Waals surface area contributed by atoms with E-state index >= 15 is 0 Å². The van der Waals surface area contributed by atoms with Crippen LogP contribution in [0.5, 0.6) is 0 Å². The Bertz CT molecular complexity index is 1380. The van der Waals surface area contributed by atoms with Gasteiger partial charge in [0.15, 0.2) is 0 Å². The van der Waals surface area contributed by atoms with Gasteiger partial charge in [-0.2, -0.15) is 0 Å². The van der Waals surface area contributed by atoms with E-state index in [1.54, 1.807) is 48.0 Å². The number of fused-ring (bicyclic) bond motifs is 1. The highest BCUT2D eigenvalue weighted by Crippen LogP contribution is 2.16. The number of para-hydroxylation sites is 1. The first-order valence-electron chi connectivity index (χ1n) is 9.60. The number of benzene rings is 2. The van der Waals surface area contributed by atoms with Crippen LogP contribution in [-0.4, -0.2) is 19.6 Å². The van der Waals surface area contributed by atoms with Crippen molar-refractivity contribution in [1.82, 2.24) is 13.7 Å². The van der Waals surface area contributed by atoms with Crippen LogP contribution >= 0.6 is 0 Å². The van der Waals surface area contributed by atoms with Crippen LogP contribution in [0.4, 0.5) is 5.69 Å². The summed E-state index contributed by atoms with van der Waals surface area (Å²) in [6.07, 6.45) is 0. The highest BCUT2D eigenvalue weighted by atomic mass is 16.2. The summed E-state index contributed by atoms with van der Waals surface area (Å²) < 4.78 is 4.23. The van der Waals surface area contributed by atoms with Crippen molar-refractivity contribution in [2.75, 3.05) is 5.32 Å². The van der Waals surface area contributed by atoms with Gasteiger partial charge < -0.3 is 9.88 Å². The average Bonchev–Trinajstić information content (AvgIpc) is 3.01. The second-order valence-electron chi connectivity index (χ2n) is 7.34. The molecule has 0 aliphatic rings. The van der Waals surface area contributed by atoms with Crippen LogP contribution in [0.1, 0.15) is 11.3 Å². The number of hydrogen-bond acceptors (Lipinski definition) is 3. The van der Waals surface area contributed by atoms with Crippen molar-refractivity contribution in [2.24, 2.45) is 7.05 Å². The summed E-state index contributed by atoms with van der Waals surface area (Å²) in [4.78, 5) is 39.3. The van der Waals surface area contributed by atoms with E-state index in [9.17, 15) is 14.4 Å². The number of carbonyl (C=O) groups excluding carboxylic acids is 1. The third-order valence-electron chi connectivity index (χ3n) is 5.19. The molecule has 1 N–H and O–H groups in total. The summed E-state index contributed by atoms with van der Waals surface area (Å²) in [5.41, 5.74) is 2.73. The summed E-state index contributed by atoms with van der Waals surface area (Å²) >= 11 is 0. The van der Waals surface area contributed by atoms with Gasteiger partial charge in [-0.15, -0.1) is 0 Å². The van der Waals surface area contributed by atoms with Gasteiger partial charge in [0.1, 0.15) is 12.1 Å². The first-order valence-corrected chi connectivity index (χ1v) is 9.60. The lowest BCUT2D eigenvalue weighted by molar-refractivity contribution is -0.116. The Balaban J connectivity index is 1.90. The molecule has 0 saturated carbocycles. The average molecular weight is 402 g/mol. The van der Waals surface area contributed by atoms with Gasteiger partial charge >= 0.3 is 5.69 Å². The molecule has 0 aliphatic heterocycles. The Morgan fingerprint density at radius 2 is 1.70 bits per heavy atom. The molecule has 2 aromatic heterocycles. The fourth-order valence-corrected chi connectivity index (χ4v) is 3.60. The Morgan fingerprint density at radius 3 is 2.40 bits per heavy atom. The zero-order valence-electron chi connectivity index (χ0n) is 17.0. The molecular formula is C23H22N4O3. The van der Waals surface area contributed by atoms with Gasteiger partial charge in [-0.1, -0.05) is 30.3 Å². The monoisotopic (exact) mass is 402 g/mol. The summed E-state index contributed by atoms with van der Waals surface area (Å²) in [5.74, 6) is -0.347. The summed E-state index contributed by atoms with van der Waals surface area (Å²) in [5, 5.41) is 2.79. The molecule has 7 heteroatoms. The quantitative estimate of drug-likeness (QED) is 0.570. The number of hydrogen-bond donors (Lipinski definition) is 1. The topological polar surface area (TPSA) is 78.0 Å². The van der Waals surface area contributed by atoms with Crippen LogP contribution in [0, 0.1) is 13.8 Å². The van der Waals surface area contributed by atoms with E-state index in [0.29, 0.717) is 22.4 Å². The van der Waals surface area contributed by atoms with E-state index in [0.717, 1.165) is 15.8 Å². The maximum atomic E-state index is 13.4. The first kappa shape index (κ1) is 19.4. The van der Waals surface area contributed by atoms with Gasteiger partial charge in [0.2, 0.25) is 5.91 Å². The molecule has 0 unspecified atom stereocenters. The number of carbonyl (C=O) groups is 1.